The van der Waals surface area contributed by atoms with Crippen LogP contribution in [-0.2, 0) is 9.47 Å². The minimum Gasteiger partial charge on any atom is -0.360 e. The predicted octanol–water partition coefficient (Wildman–Crippen LogP) is 1.67. The molecule has 0 aliphatic carbocycles. The van der Waals surface area contributed by atoms with Crippen LogP contribution in [0, 0.1) is 0 Å². The summed E-state index contributed by atoms with van der Waals surface area (Å²) in [4.78, 5) is 0. The van der Waals surface area contributed by atoms with Gasteiger partial charge in [-0.25, -0.2) is 0 Å². The number of hydrogen-bond acceptors (Lipinski definition) is 3. The predicted molar refractivity (Wildman–Crippen MR) is 54.4 cm³/mol. The van der Waals surface area contributed by atoms with E-state index in [0.717, 1.165) is 0 Å². The Balaban J connectivity index is 3.86. The minimum atomic E-state index is -0.181. The molecule has 2 unspecified atom stereocenters. The molecule has 0 bridgehead atoms. The largest absolute Gasteiger partial charge is 0.360 e. The smallest absolute Gasteiger partial charge is 0.129 e. The Labute approximate surface area is 80.4 Å². The molecule has 0 saturated carbocycles. The van der Waals surface area contributed by atoms with Crippen molar-refractivity contribution in [3.05, 3.63) is 25.3 Å². The lowest BCUT2D eigenvalue weighted by molar-refractivity contribution is 0.000899. The second-order valence-corrected chi connectivity index (χ2v) is 2.39. The summed E-state index contributed by atoms with van der Waals surface area (Å²) in [6, 6.07) is 0. The normalized spacial score (nSPS) is 14.9. The van der Waals surface area contributed by atoms with Crippen molar-refractivity contribution < 1.29 is 9.47 Å². The second kappa shape index (κ2) is 7.98. The van der Waals surface area contributed by atoms with Gasteiger partial charge in [0.1, 0.15) is 12.5 Å². The van der Waals surface area contributed by atoms with Gasteiger partial charge in [-0.15, -0.1) is 0 Å². The van der Waals surface area contributed by atoms with E-state index in [0.29, 0.717) is 13.2 Å². The van der Waals surface area contributed by atoms with Gasteiger partial charge < -0.3 is 9.47 Å². The van der Waals surface area contributed by atoms with Gasteiger partial charge in [-0.2, -0.15) is 0 Å². The molecule has 3 nitrogen and oxygen atoms in total. The maximum atomic E-state index is 5.31. The Hall–Kier alpha value is -0.640. The highest BCUT2D eigenvalue weighted by Crippen LogP contribution is 1.95. The molecule has 2 atom stereocenters. The lowest BCUT2D eigenvalue weighted by Gasteiger charge is -2.20. The Morgan fingerprint density at radius 3 is 1.69 bits per heavy atom. The molecule has 0 rings (SSSR count). The maximum Gasteiger partial charge on any atom is 0.129 e. The fourth-order valence-electron chi connectivity index (χ4n) is 0.889. The van der Waals surface area contributed by atoms with E-state index in [-0.39, 0.29) is 12.5 Å². The fourth-order valence-corrected chi connectivity index (χ4v) is 0.889. The van der Waals surface area contributed by atoms with Crippen LogP contribution in [0.25, 0.3) is 0 Å². The van der Waals surface area contributed by atoms with Crippen molar-refractivity contribution >= 4 is 0 Å². The molecule has 0 amide bonds. The summed E-state index contributed by atoms with van der Waals surface area (Å²) in [5, 5.41) is 3.07. The number of ether oxygens (including phenoxy) is 2. The summed E-state index contributed by atoms with van der Waals surface area (Å²) in [6.07, 6.45) is 3.02. The number of rotatable bonds is 8. The first-order valence-corrected chi connectivity index (χ1v) is 4.52. The van der Waals surface area contributed by atoms with Gasteiger partial charge in [0.25, 0.3) is 0 Å². The number of hydrogen-bond donors (Lipinski definition) is 1. The molecule has 0 heterocycles. The topological polar surface area (TPSA) is 30.5 Å². The average Bonchev–Trinajstić information content (AvgIpc) is 2.16. The molecular formula is C10H19NO2. The van der Waals surface area contributed by atoms with E-state index in [1.165, 1.54) is 0 Å². The SMILES string of the molecule is C=CC(NC(C=C)OCC)OCC. The van der Waals surface area contributed by atoms with Crippen LogP contribution >= 0.6 is 0 Å². The third-order valence-electron chi connectivity index (χ3n) is 1.45. The molecule has 0 aliphatic heterocycles. The van der Waals surface area contributed by atoms with Crippen LogP contribution in [0.1, 0.15) is 13.8 Å². The fraction of sp³-hybridized carbons (Fsp3) is 0.600. The van der Waals surface area contributed by atoms with Crippen molar-refractivity contribution in [2.24, 2.45) is 0 Å². The molecule has 76 valence electrons. The van der Waals surface area contributed by atoms with Gasteiger partial charge in [-0.3, -0.25) is 5.32 Å². The average molecular weight is 185 g/mol. The third-order valence-corrected chi connectivity index (χ3v) is 1.45. The molecule has 3 heteroatoms. The van der Waals surface area contributed by atoms with Gasteiger partial charge in [0.15, 0.2) is 0 Å². The zero-order valence-corrected chi connectivity index (χ0v) is 8.45. The van der Waals surface area contributed by atoms with Gasteiger partial charge in [-0.1, -0.05) is 13.2 Å². The highest BCUT2D eigenvalue weighted by atomic mass is 16.5. The van der Waals surface area contributed by atoms with Gasteiger partial charge in [0.05, 0.1) is 0 Å². The first kappa shape index (κ1) is 12.4. The van der Waals surface area contributed by atoms with E-state index in [4.69, 9.17) is 9.47 Å². The zero-order valence-electron chi connectivity index (χ0n) is 8.45. The molecule has 0 radical (unpaired) electrons. The minimum absolute atomic E-state index is 0.181. The zero-order chi connectivity index (χ0) is 10.1. The quantitative estimate of drug-likeness (QED) is 0.461. The van der Waals surface area contributed by atoms with Gasteiger partial charge in [0, 0.05) is 13.2 Å². The Kier molecular flexibility index (Phi) is 7.59. The molecular weight excluding hydrogens is 166 g/mol. The van der Waals surface area contributed by atoms with Crippen molar-refractivity contribution in [1.82, 2.24) is 5.32 Å². The van der Waals surface area contributed by atoms with Crippen LogP contribution in [0.15, 0.2) is 25.3 Å². The van der Waals surface area contributed by atoms with Gasteiger partial charge in [0.2, 0.25) is 0 Å². The van der Waals surface area contributed by atoms with Crippen LogP contribution in [0.5, 0.6) is 0 Å². The molecule has 0 saturated heterocycles. The van der Waals surface area contributed by atoms with E-state index in [9.17, 15) is 0 Å². The van der Waals surface area contributed by atoms with Crippen LogP contribution in [0.3, 0.4) is 0 Å². The van der Waals surface area contributed by atoms with Gasteiger partial charge in [-0.05, 0) is 26.0 Å². The summed E-state index contributed by atoms with van der Waals surface area (Å²) in [6.45, 7) is 12.4. The van der Waals surface area contributed by atoms with Crippen molar-refractivity contribution in [2.75, 3.05) is 13.2 Å². The van der Waals surface area contributed by atoms with Crippen molar-refractivity contribution in [1.29, 1.82) is 0 Å². The molecule has 0 aromatic rings. The van der Waals surface area contributed by atoms with Crippen LogP contribution in [-0.4, -0.2) is 25.7 Å². The van der Waals surface area contributed by atoms with Gasteiger partial charge >= 0.3 is 0 Å². The summed E-state index contributed by atoms with van der Waals surface area (Å²) in [5.41, 5.74) is 0. The van der Waals surface area contributed by atoms with E-state index in [1.807, 2.05) is 13.8 Å². The second-order valence-electron chi connectivity index (χ2n) is 2.39. The van der Waals surface area contributed by atoms with Crippen LogP contribution in [0.4, 0.5) is 0 Å². The van der Waals surface area contributed by atoms with E-state index in [1.54, 1.807) is 12.2 Å². The summed E-state index contributed by atoms with van der Waals surface area (Å²) in [5.74, 6) is 0. The number of nitrogens with one attached hydrogen (secondary N) is 1. The highest BCUT2D eigenvalue weighted by Gasteiger charge is 2.08. The first-order valence-electron chi connectivity index (χ1n) is 4.52. The molecule has 0 fully saturated rings. The van der Waals surface area contributed by atoms with E-state index >= 15 is 0 Å². The molecule has 0 spiro atoms. The van der Waals surface area contributed by atoms with E-state index < -0.39 is 0 Å². The molecule has 1 N–H and O–H groups in total. The maximum absolute atomic E-state index is 5.31. The van der Waals surface area contributed by atoms with Crippen LogP contribution < -0.4 is 5.32 Å². The van der Waals surface area contributed by atoms with E-state index in [2.05, 4.69) is 18.5 Å². The van der Waals surface area contributed by atoms with Crippen molar-refractivity contribution in [2.45, 2.75) is 26.3 Å². The molecule has 0 aromatic heterocycles. The van der Waals surface area contributed by atoms with Crippen molar-refractivity contribution in [3.63, 3.8) is 0 Å². The molecule has 13 heavy (non-hydrogen) atoms. The standard InChI is InChI=1S/C10H19NO2/c1-5-9(12-7-3)11-10(6-2)13-8-4/h5-6,9-11H,1-2,7-8H2,3-4H3. The third kappa shape index (κ3) is 5.58. The lowest BCUT2D eigenvalue weighted by Crippen LogP contribution is -2.39. The summed E-state index contributed by atoms with van der Waals surface area (Å²) in [7, 11) is 0. The lowest BCUT2D eigenvalue weighted by atomic mass is 10.4. The highest BCUT2D eigenvalue weighted by molar-refractivity contribution is 4.85. The Bertz CT molecular complexity index is 132. The molecule has 0 aliphatic rings. The summed E-state index contributed by atoms with van der Waals surface area (Å²) < 4.78 is 10.6. The molecule has 0 aromatic carbocycles. The Morgan fingerprint density at radius 2 is 1.46 bits per heavy atom. The van der Waals surface area contributed by atoms with Crippen molar-refractivity contribution in [3.8, 4) is 0 Å². The first-order chi connectivity index (χ1) is 6.28. The van der Waals surface area contributed by atoms with Crippen LogP contribution in [0.2, 0.25) is 0 Å². The summed E-state index contributed by atoms with van der Waals surface area (Å²) >= 11 is 0. The monoisotopic (exact) mass is 185 g/mol. The Morgan fingerprint density at radius 1 is 1.08 bits per heavy atom.